The summed E-state index contributed by atoms with van der Waals surface area (Å²) in [6.45, 7) is 5.34. The van der Waals surface area contributed by atoms with Gasteiger partial charge < -0.3 is 25.0 Å². The minimum absolute atomic E-state index is 0.0131. The molecule has 45 heavy (non-hydrogen) atoms. The van der Waals surface area contributed by atoms with Crippen LogP contribution in [0.3, 0.4) is 0 Å². The van der Waals surface area contributed by atoms with Gasteiger partial charge in [0.2, 0.25) is 5.95 Å². The third-order valence-corrected chi connectivity index (χ3v) is 11.5. The first-order chi connectivity index (χ1) is 21.4. The number of rotatable bonds is 7. The Labute approximate surface area is 262 Å². The van der Waals surface area contributed by atoms with Crippen LogP contribution in [0.2, 0.25) is 0 Å². The molecule has 2 N–H and O–H groups in total. The van der Waals surface area contributed by atoms with Crippen molar-refractivity contribution in [2.24, 2.45) is 0 Å². The van der Waals surface area contributed by atoms with Crippen molar-refractivity contribution in [2.45, 2.75) is 36.5 Å². The number of hydrogen-bond donors (Lipinski definition) is 2. The molecule has 2 saturated heterocycles. The lowest BCUT2D eigenvalue weighted by Gasteiger charge is -2.44. The molecule has 1 amide bonds. The van der Waals surface area contributed by atoms with Gasteiger partial charge in [-0.3, -0.25) is 9.69 Å². The summed E-state index contributed by atoms with van der Waals surface area (Å²) in [6, 6.07) is 7.23. The van der Waals surface area contributed by atoms with E-state index in [1.807, 2.05) is 25.1 Å². The highest BCUT2D eigenvalue weighted by Crippen LogP contribution is 2.42. The molecule has 0 saturated carbocycles. The fraction of sp³-hybridized carbons (Fsp3) is 0.483. The Kier molecular flexibility index (Phi) is 8.54. The first-order valence-electron chi connectivity index (χ1n) is 14.6. The largest absolute Gasteiger partial charge is 0.420 e. The number of carbonyl (C=O) groups excluding carboxylic acids is 1. The Morgan fingerprint density at radius 3 is 2.67 bits per heavy atom. The average molecular weight is 667 g/mol. The molecule has 0 aliphatic carbocycles. The monoisotopic (exact) mass is 666 g/mol. The molecule has 5 heterocycles. The maximum absolute atomic E-state index is 14.1. The fourth-order valence-electron chi connectivity index (χ4n) is 6.12. The molecule has 0 unspecified atom stereocenters. The summed E-state index contributed by atoms with van der Waals surface area (Å²) in [6.07, 6.45) is -3.54. The van der Waals surface area contributed by atoms with Crippen molar-refractivity contribution in [1.29, 1.82) is 0 Å². The number of aryl methyl sites for hydroxylation is 1. The Hall–Kier alpha value is -3.31. The number of sulfone groups is 1. The van der Waals surface area contributed by atoms with E-state index in [-0.39, 0.29) is 51.6 Å². The minimum atomic E-state index is -4.83. The van der Waals surface area contributed by atoms with E-state index in [1.54, 1.807) is 0 Å². The lowest BCUT2D eigenvalue weighted by molar-refractivity contribution is -0.137. The number of fused-ring (bicyclic) bond motifs is 2. The first kappa shape index (κ1) is 31.7. The molecule has 1 aromatic carbocycles. The van der Waals surface area contributed by atoms with Gasteiger partial charge in [-0.15, -0.1) is 11.3 Å². The van der Waals surface area contributed by atoms with Crippen molar-refractivity contribution in [3.05, 3.63) is 46.5 Å². The lowest BCUT2D eigenvalue weighted by atomic mass is 10.0. The van der Waals surface area contributed by atoms with Gasteiger partial charge in [-0.1, -0.05) is 6.92 Å². The maximum Gasteiger partial charge on any atom is 0.420 e. The predicted octanol–water partition coefficient (Wildman–Crippen LogP) is 3.27. The summed E-state index contributed by atoms with van der Waals surface area (Å²) < 4.78 is 73.9. The van der Waals surface area contributed by atoms with Crippen molar-refractivity contribution < 1.29 is 36.2 Å². The number of benzene rings is 1. The highest BCUT2D eigenvalue weighted by atomic mass is 32.2. The van der Waals surface area contributed by atoms with Gasteiger partial charge in [-0.25, -0.2) is 18.4 Å². The zero-order chi connectivity index (χ0) is 32.1. The fourth-order valence-corrected chi connectivity index (χ4v) is 9.15. The maximum atomic E-state index is 14.1. The number of amides is 1. The standard InChI is InChI=1S/C29H33F3N6O5S2/c1-3-17-12-18(38-7-6-37(8-10-39)21-15-43-16-22(21)38)4-5-20(17)34-28-33-14-19(29(30,31)32)25(35-28)23-13-24-26(44-23)27(40)36(2)9-11-45(24,41)42/h4-5,12-14,21-22,39H,3,6-11,15-16H2,1-2H3,(H,33,34,35)/t21-,22+/m1/s1. The number of piperazine rings is 1. The van der Waals surface area contributed by atoms with E-state index in [1.165, 1.54) is 11.9 Å². The first-order valence-corrected chi connectivity index (χ1v) is 17.0. The van der Waals surface area contributed by atoms with Crippen LogP contribution in [0, 0.1) is 0 Å². The van der Waals surface area contributed by atoms with E-state index >= 15 is 0 Å². The molecular formula is C29H33F3N6O5S2. The molecule has 11 nitrogen and oxygen atoms in total. The van der Waals surface area contributed by atoms with Crippen LogP contribution >= 0.6 is 11.3 Å². The number of nitrogens with one attached hydrogen (secondary N) is 1. The van der Waals surface area contributed by atoms with E-state index in [4.69, 9.17) is 4.74 Å². The highest BCUT2D eigenvalue weighted by Gasteiger charge is 2.41. The van der Waals surface area contributed by atoms with E-state index in [9.17, 15) is 31.5 Å². The lowest BCUT2D eigenvalue weighted by Crippen LogP contribution is -2.59. The molecule has 242 valence electrons. The second-order valence-electron chi connectivity index (χ2n) is 11.2. The van der Waals surface area contributed by atoms with Crippen molar-refractivity contribution in [3.8, 4) is 10.6 Å². The number of halogens is 3. The summed E-state index contributed by atoms with van der Waals surface area (Å²) >= 11 is 0.676. The van der Waals surface area contributed by atoms with Gasteiger partial charge in [0.25, 0.3) is 5.91 Å². The van der Waals surface area contributed by atoms with Crippen molar-refractivity contribution in [3.63, 3.8) is 0 Å². The number of aliphatic hydroxyl groups is 1. The van der Waals surface area contributed by atoms with Crippen LogP contribution in [0.15, 0.2) is 35.4 Å². The number of aliphatic hydroxyl groups excluding tert-OH is 1. The molecule has 0 radical (unpaired) electrons. The summed E-state index contributed by atoms with van der Waals surface area (Å²) in [5.41, 5.74) is 0.861. The third kappa shape index (κ3) is 6.01. The topological polar surface area (TPSA) is 128 Å². The van der Waals surface area contributed by atoms with E-state index < -0.39 is 33.2 Å². The van der Waals surface area contributed by atoms with Gasteiger partial charge in [0.05, 0.1) is 53.1 Å². The number of anilines is 3. The number of nitrogens with zero attached hydrogens (tertiary/aromatic N) is 5. The SMILES string of the molecule is CCc1cc(N2CCN(CCO)[C@@H]3COC[C@@H]32)ccc1Nc1ncc(C(F)(F)F)c(-c2cc3c(s2)C(=O)N(C)CCS3(=O)=O)n1. The molecule has 16 heteroatoms. The number of β-amino-alcohol motifs (C(OH)–C–C–N with tert-alkyl or cyclic N) is 1. The van der Waals surface area contributed by atoms with Crippen LogP contribution in [-0.4, -0.2) is 110 Å². The van der Waals surface area contributed by atoms with Crippen LogP contribution in [-0.2, 0) is 27.2 Å². The Bertz CT molecular complexity index is 1720. The van der Waals surface area contributed by atoms with E-state index in [0.717, 1.165) is 30.4 Å². The van der Waals surface area contributed by atoms with Crippen molar-refractivity contribution in [1.82, 2.24) is 19.8 Å². The summed E-state index contributed by atoms with van der Waals surface area (Å²) in [5.74, 6) is -0.998. The molecule has 3 aliphatic heterocycles. The minimum Gasteiger partial charge on any atom is -0.395 e. The smallest absolute Gasteiger partial charge is 0.395 e. The summed E-state index contributed by atoms with van der Waals surface area (Å²) in [4.78, 5) is 26.3. The Morgan fingerprint density at radius 1 is 1.16 bits per heavy atom. The second kappa shape index (κ2) is 12.1. The quantitative estimate of drug-likeness (QED) is 0.388. The second-order valence-corrected chi connectivity index (χ2v) is 14.4. The van der Waals surface area contributed by atoms with Crippen LogP contribution in [0.1, 0.15) is 27.7 Å². The number of aromatic nitrogens is 2. The van der Waals surface area contributed by atoms with Crippen LogP contribution in [0.5, 0.6) is 0 Å². The molecule has 2 aromatic heterocycles. The molecule has 3 aromatic rings. The predicted molar refractivity (Wildman–Crippen MR) is 163 cm³/mol. The normalized spacial score (nSPS) is 21.9. The molecule has 2 fully saturated rings. The zero-order valence-corrected chi connectivity index (χ0v) is 26.3. The molecule has 6 rings (SSSR count). The van der Waals surface area contributed by atoms with Gasteiger partial charge in [0.15, 0.2) is 9.84 Å². The number of hydrogen-bond acceptors (Lipinski definition) is 11. The highest BCUT2D eigenvalue weighted by molar-refractivity contribution is 7.91. The van der Waals surface area contributed by atoms with Crippen LogP contribution in [0.4, 0.5) is 30.5 Å². The van der Waals surface area contributed by atoms with Gasteiger partial charge >= 0.3 is 6.18 Å². The van der Waals surface area contributed by atoms with Crippen molar-refractivity contribution >= 4 is 44.4 Å². The summed E-state index contributed by atoms with van der Waals surface area (Å²) in [7, 11) is -2.44. The van der Waals surface area contributed by atoms with Crippen molar-refractivity contribution in [2.75, 3.05) is 69.0 Å². The Morgan fingerprint density at radius 2 is 1.93 bits per heavy atom. The summed E-state index contributed by atoms with van der Waals surface area (Å²) in [5, 5.41) is 12.5. The molecule has 0 spiro atoms. The molecular weight excluding hydrogens is 633 g/mol. The number of carbonyl (C=O) groups is 1. The average Bonchev–Trinajstić information content (AvgIpc) is 3.67. The molecule has 3 aliphatic rings. The Balaban J connectivity index is 1.33. The number of ether oxygens (including phenoxy) is 1. The number of alkyl halides is 3. The zero-order valence-electron chi connectivity index (χ0n) is 24.7. The van der Waals surface area contributed by atoms with Crippen LogP contribution < -0.4 is 10.2 Å². The third-order valence-electron chi connectivity index (χ3n) is 8.55. The molecule has 0 bridgehead atoms. The number of thiophene rings is 1. The van der Waals surface area contributed by atoms with Gasteiger partial charge in [0.1, 0.15) is 10.4 Å². The van der Waals surface area contributed by atoms with E-state index in [2.05, 4.69) is 25.1 Å². The molecule has 2 atom stereocenters. The van der Waals surface area contributed by atoms with Crippen LogP contribution in [0.25, 0.3) is 10.6 Å². The van der Waals surface area contributed by atoms with E-state index in [0.29, 0.717) is 49.4 Å². The van der Waals surface area contributed by atoms with Gasteiger partial charge in [-0.05, 0) is 36.2 Å². The van der Waals surface area contributed by atoms with Gasteiger partial charge in [-0.2, -0.15) is 13.2 Å². The van der Waals surface area contributed by atoms with Gasteiger partial charge in [0, 0.05) is 50.8 Å².